The Bertz CT molecular complexity index is 751. The number of benzene rings is 2. The fourth-order valence-corrected chi connectivity index (χ4v) is 1.87. The molecule has 5 heteroatoms. The molecule has 0 aliphatic carbocycles. The second kappa shape index (κ2) is 8.06. The Hall–Kier alpha value is -2.95. The Morgan fingerprint density at radius 2 is 1.83 bits per heavy atom. The smallest absolute Gasteiger partial charge is 0.259 e. The van der Waals surface area contributed by atoms with Crippen LogP contribution in [-0.4, -0.2) is 37.3 Å². The van der Waals surface area contributed by atoms with E-state index in [2.05, 4.69) is 0 Å². The van der Waals surface area contributed by atoms with Crippen LogP contribution < -0.4 is 4.74 Å². The standard InChI is InChI=1S/C19H18FNO3/c1-21(2)19(23)13-24-17-9-7-15(8-10-17)18(22)11-6-14-4-3-5-16(20)12-14/h3-12H,13H2,1-2H3/b11-6+. The summed E-state index contributed by atoms with van der Waals surface area (Å²) in [5, 5.41) is 0. The molecule has 0 bridgehead atoms. The van der Waals surface area contributed by atoms with Crippen molar-refractivity contribution in [1.29, 1.82) is 0 Å². The lowest BCUT2D eigenvalue weighted by molar-refractivity contribution is -0.130. The largest absolute Gasteiger partial charge is 0.484 e. The van der Waals surface area contributed by atoms with E-state index in [0.29, 0.717) is 16.9 Å². The van der Waals surface area contributed by atoms with Crippen molar-refractivity contribution in [2.45, 2.75) is 0 Å². The molecule has 0 heterocycles. The molecule has 124 valence electrons. The van der Waals surface area contributed by atoms with Crippen molar-refractivity contribution in [1.82, 2.24) is 4.90 Å². The molecule has 0 atom stereocenters. The minimum Gasteiger partial charge on any atom is -0.484 e. The van der Waals surface area contributed by atoms with E-state index < -0.39 is 0 Å². The summed E-state index contributed by atoms with van der Waals surface area (Å²) in [5.74, 6) is -0.183. The summed E-state index contributed by atoms with van der Waals surface area (Å²) in [4.78, 5) is 25.0. The summed E-state index contributed by atoms with van der Waals surface area (Å²) < 4.78 is 18.4. The van der Waals surface area contributed by atoms with Crippen molar-refractivity contribution in [2.75, 3.05) is 20.7 Å². The summed E-state index contributed by atoms with van der Waals surface area (Å²) in [6.07, 6.45) is 2.95. The molecule has 2 rings (SSSR count). The third-order valence-electron chi connectivity index (χ3n) is 3.28. The van der Waals surface area contributed by atoms with Gasteiger partial charge in [-0.05, 0) is 48.0 Å². The molecule has 0 radical (unpaired) electrons. The van der Waals surface area contributed by atoms with Crippen LogP contribution in [0.15, 0.2) is 54.6 Å². The molecule has 0 saturated carbocycles. The van der Waals surface area contributed by atoms with Gasteiger partial charge >= 0.3 is 0 Å². The molecule has 1 amide bonds. The molecule has 2 aromatic carbocycles. The first-order valence-corrected chi connectivity index (χ1v) is 7.37. The Balaban J connectivity index is 1.97. The summed E-state index contributed by atoms with van der Waals surface area (Å²) in [6, 6.07) is 12.5. The average molecular weight is 327 g/mol. The van der Waals surface area contributed by atoms with Crippen molar-refractivity contribution in [2.24, 2.45) is 0 Å². The van der Waals surface area contributed by atoms with Gasteiger partial charge in [-0.25, -0.2) is 4.39 Å². The van der Waals surface area contributed by atoms with Gasteiger partial charge in [0.25, 0.3) is 5.91 Å². The SMILES string of the molecule is CN(C)C(=O)COc1ccc(C(=O)/C=C/c2cccc(F)c2)cc1. The van der Waals surface area contributed by atoms with E-state index in [1.807, 2.05) is 0 Å². The van der Waals surface area contributed by atoms with Crippen LogP contribution in [0.4, 0.5) is 4.39 Å². The fraction of sp³-hybridized carbons (Fsp3) is 0.158. The molecular formula is C19H18FNO3. The number of ketones is 1. The molecule has 0 aliphatic rings. The van der Waals surface area contributed by atoms with Gasteiger partial charge in [0, 0.05) is 19.7 Å². The molecule has 0 aromatic heterocycles. The number of rotatable bonds is 6. The highest BCUT2D eigenvalue weighted by Crippen LogP contribution is 2.14. The molecule has 0 unspecified atom stereocenters. The second-order valence-electron chi connectivity index (χ2n) is 5.35. The van der Waals surface area contributed by atoms with E-state index in [4.69, 9.17) is 4.74 Å². The highest BCUT2D eigenvalue weighted by molar-refractivity contribution is 6.06. The topological polar surface area (TPSA) is 46.6 Å². The predicted molar refractivity (Wildman–Crippen MR) is 90.4 cm³/mol. The number of halogens is 1. The van der Waals surface area contributed by atoms with E-state index in [1.54, 1.807) is 56.6 Å². The zero-order valence-electron chi connectivity index (χ0n) is 13.5. The van der Waals surface area contributed by atoms with Gasteiger partial charge < -0.3 is 9.64 Å². The molecule has 0 fully saturated rings. The van der Waals surface area contributed by atoms with Crippen LogP contribution in [-0.2, 0) is 4.79 Å². The molecule has 2 aromatic rings. The Kier molecular flexibility index (Phi) is 5.84. The van der Waals surface area contributed by atoms with Gasteiger partial charge in [-0.15, -0.1) is 0 Å². The van der Waals surface area contributed by atoms with Crippen LogP contribution in [0.3, 0.4) is 0 Å². The van der Waals surface area contributed by atoms with Crippen LogP contribution in [0.25, 0.3) is 6.08 Å². The molecule has 0 spiro atoms. The number of likely N-dealkylation sites (N-methyl/N-ethyl adjacent to an activating group) is 1. The van der Waals surface area contributed by atoms with Gasteiger partial charge in [0.05, 0.1) is 0 Å². The molecule has 4 nitrogen and oxygen atoms in total. The number of hydrogen-bond acceptors (Lipinski definition) is 3. The van der Waals surface area contributed by atoms with Gasteiger partial charge in [-0.1, -0.05) is 18.2 Å². The number of carbonyl (C=O) groups is 2. The number of allylic oxidation sites excluding steroid dienone is 1. The summed E-state index contributed by atoms with van der Waals surface area (Å²) >= 11 is 0. The quantitative estimate of drug-likeness (QED) is 0.605. The van der Waals surface area contributed by atoms with Crippen molar-refractivity contribution in [3.05, 3.63) is 71.6 Å². The lowest BCUT2D eigenvalue weighted by Gasteiger charge is -2.11. The molecule has 0 N–H and O–H groups in total. The van der Waals surface area contributed by atoms with Crippen LogP contribution in [0.2, 0.25) is 0 Å². The van der Waals surface area contributed by atoms with Gasteiger partial charge in [-0.3, -0.25) is 9.59 Å². The van der Waals surface area contributed by atoms with Crippen LogP contribution in [0.1, 0.15) is 15.9 Å². The fourth-order valence-electron chi connectivity index (χ4n) is 1.87. The number of amides is 1. The maximum Gasteiger partial charge on any atom is 0.259 e. The van der Waals surface area contributed by atoms with Gasteiger partial charge in [0.1, 0.15) is 11.6 Å². The van der Waals surface area contributed by atoms with Crippen LogP contribution in [0, 0.1) is 5.82 Å². The molecular weight excluding hydrogens is 309 g/mol. The van der Waals surface area contributed by atoms with Crippen molar-refractivity contribution in [3.63, 3.8) is 0 Å². The second-order valence-corrected chi connectivity index (χ2v) is 5.35. The third kappa shape index (κ3) is 5.05. The van der Waals surface area contributed by atoms with Crippen molar-refractivity contribution in [3.8, 4) is 5.75 Å². The summed E-state index contributed by atoms with van der Waals surface area (Å²) in [5.41, 5.74) is 1.10. The highest BCUT2D eigenvalue weighted by atomic mass is 19.1. The Labute approximate surface area is 140 Å². The molecule has 24 heavy (non-hydrogen) atoms. The van der Waals surface area contributed by atoms with Crippen molar-refractivity contribution < 1.29 is 18.7 Å². The third-order valence-corrected chi connectivity index (χ3v) is 3.28. The first-order chi connectivity index (χ1) is 11.5. The highest BCUT2D eigenvalue weighted by Gasteiger charge is 2.06. The zero-order valence-corrected chi connectivity index (χ0v) is 13.5. The van der Waals surface area contributed by atoms with Gasteiger partial charge in [0.15, 0.2) is 12.4 Å². The average Bonchev–Trinajstić information content (AvgIpc) is 2.58. The lowest BCUT2D eigenvalue weighted by atomic mass is 10.1. The number of nitrogens with zero attached hydrogens (tertiary/aromatic N) is 1. The first-order valence-electron chi connectivity index (χ1n) is 7.37. The summed E-state index contributed by atoms with van der Waals surface area (Å²) in [6.45, 7) is -0.0558. The predicted octanol–water partition coefficient (Wildman–Crippen LogP) is 3.19. The number of hydrogen-bond donors (Lipinski definition) is 0. The van der Waals surface area contributed by atoms with Gasteiger partial charge in [0.2, 0.25) is 0 Å². The van der Waals surface area contributed by atoms with E-state index in [-0.39, 0.29) is 24.1 Å². The van der Waals surface area contributed by atoms with Crippen LogP contribution >= 0.6 is 0 Å². The van der Waals surface area contributed by atoms with E-state index in [0.717, 1.165) is 0 Å². The maximum atomic E-state index is 13.1. The maximum absolute atomic E-state index is 13.1. The lowest BCUT2D eigenvalue weighted by Crippen LogP contribution is -2.27. The summed E-state index contributed by atoms with van der Waals surface area (Å²) in [7, 11) is 3.30. The van der Waals surface area contributed by atoms with E-state index in [1.165, 1.54) is 23.1 Å². The number of carbonyl (C=O) groups excluding carboxylic acids is 2. The zero-order chi connectivity index (χ0) is 17.5. The molecule has 0 aliphatic heterocycles. The Morgan fingerprint density at radius 1 is 1.12 bits per heavy atom. The van der Waals surface area contributed by atoms with Crippen molar-refractivity contribution >= 4 is 17.8 Å². The Morgan fingerprint density at radius 3 is 2.46 bits per heavy atom. The minimum atomic E-state index is -0.349. The van der Waals surface area contributed by atoms with E-state index >= 15 is 0 Å². The normalized spacial score (nSPS) is 10.6. The number of ether oxygens (including phenoxy) is 1. The molecule has 0 saturated heterocycles. The minimum absolute atomic E-state index is 0.0558. The van der Waals surface area contributed by atoms with Crippen LogP contribution in [0.5, 0.6) is 5.75 Å². The monoisotopic (exact) mass is 327 g/mol. The van der Waals surface area contributed by atoms with E-state index in [9.17, 15) is 14.0 Å². The first kappa shape index (κ1) is 17.4. The van der Waals surface area contributed by atoms with Gasteiger partial charge in [-0.2, -0.15) is 0 Å².